The number of hydrogen-bond donors (Lipinski definition) is 0. The predicted molar refractivity (Wildman–Crippen MR) is 111 cm³/mol. The molecule has 0 bridgehead atoms. The molecule has 0 aromatic heterocycles. The van der Waals surface area contributed by atoms with Crippen LogP contribution < -0.4 is 0 Å². The van der Waals surface area contributed by atoms with Gasteiger partial charge in [0.15, 0.2) is 5.17 Å². The fraction of sp³-hybridized carbons (Fsp3) is 0.238. The molecular formula is C21H21ClN2OS. The van der Waals surface area contributed by atoms with Gasteiger partial charge < -0.3 is 0 Å². The third-order valence-electron chi connectivity index (χ3n) is 4.05. The number of carbonyl (C=O) groups is 1. The van der Waals surface area contributed by atoms with Gasteiger partial charge in [-0.15, -0.1) is 0 Å². The lowest BCUT2D eigenvalue weighted by molar-refractivity contribution is -0.122. The van der Waals surface area contributed by atoms with E-state index in [4.69, 9.17) is 11.6 Å². The molecule has 0 spiro atoms. The van der Waals surface area contributed by atoms with Crippen molar-refractivity contribution in [3.8, 4) is 0 Å². The maximum absolute atomic E-state index is 12.8. The third-order valence-corrected chi connectivity index (χ3v) is 5.45. The zero-order chi connectivity index (χ0) is 18.4. The van der Waals surface area contributed by atoms with Crippen molar-refractivity contribution in [2.75, 3.05) is 6.54 Å². The van der Waals surface area contributed by atoms with Crippen LogP contribution in [0.1, 0.15) is 30.9 Å². The summed E-state index contributed by atoms with van der Waals surface area (Å²) >= 11 is 7.82. The highest BCUT2D eigenvalue weighted by Gasteiger charge is 2.30. The number of carbonyl (C=O) groups excluding carboxylic acids is 1. The molecular weight excluding hydrogens is 364 g/mol. The zero-order valence-electron chi connectivity index (χ0n) is 14.7. The number of rotatable bonds is 6. The van der Waals surface area contributed by atoms with Gasteiger partial charge in [-0.2, -0.15) is 0 Å². The molecule has 0 saturated carbocycles. The number of nitrogens with zero attached hydrogens (tertiary/aromatic N) is 2. The van der Waals surface area contributed by atoms with Gasteiger partial charge >= 0.3 is 0 Å². The summed E-state index contributed by atoms with van der Waals surface area (Å²) in [6, 6.07) is 17.7. The molecule has 1 amide bonds. The molecule has 1 aliphatic heterocycles. The van der Waals surface area contributed by atoms with E-state index in [1.807, 2.05) is 42.5 Å². The molecule has 0 N–H and O–H groups in total. The third kappa shape index (κ3) is 4.57. The summed E-state index contributed by atoms with van der Waals surface area (Å²) in [5.41, 5.74) is 2.47. The fourth-order valence-electron chi connectivity index (χ4n) is 2.62. The minimum Gasteiger partial charge on any atom is -0.286 e. The SMILES string of the molecule is CCCCN1C(=O)/C(=C/c2ccccc2Cl)N=C1SCc1ccccc1. The molecule has 2 aromatic rings. The highest BCUT2D eigenvalue weighted by Crippen LogP contribution is 2.28. The summed E-state index contributed by atoms with van der Waals surface area (Å²) in [5.74, 6) is 0.739. The molecule has 134 valence electrons. The van der Waals surface area contributed by atoms with Gasteiger partial charge in [-0.3, -0.25) is 9.69 Å². The van der Waals surface area contributed by atoms with Crippen LogP contribution in [-0.2, 0) is 10.5 Å². The van der Waals surface area contributed by atoms with Gasteiger partial charge in [-0.25, -0.2) is 4.99 Å². The smallest absolute Gasteiger partial charge is 0.278 e. The molecule has 1 aliphatic rings. The molecule has 0 radical (unpaired) electrons. The largest absolute Gasteiger partial charge is 0.286 e. The molecule has 5 heteroatoms. The summed E-state index contributed by atoms with van der Waals surface area (Å²) in [6.45, 7) is 2.81. The lowest BCUT2D eigenvalue weighted by Gasteiger charge is -2.17. The summed E-state index contributed by atoms with van der Waals surface area (Å²) in [5, 5.41) is 1.39. The Kier molecular flexibility index (Phi) is 6.53. The second kappa shape index (κ2) is 9.06. The number of hydrogen-bond acceptors (Lipinski definition) is 3. The first kappa shape index (κ1) is 18.7. The normalized spacial score (nSPS) is 15.6. The van der Waals surface area contributed by atoms with Crippen molar-refractivity contribution in [1.29, 1.82) is 0 Å². The maximum Gasteiger partial charge on any atom is 0.278 e. The van der Waals surface area contributed by atoms with Crippen LogP contribution in [0.25, 0.3) is 6.08 Å². The Morgan fingerprint density at radius 3 is 2.58 bits per heavy atom. The van der Waals surface area contributed by atoms with Gasteiger partial charge in [0.2, 0.25) is 0 Å². The minimum atomic E-state index is -0.0473. The second-order valence-electron chi connectivity index (χ2n) is 6.03. The standard InChI is InChI=1S/C21H21ClN2OS/c1-2-3-13-24-20(25)19(14-17-11-7-8-12-18(17)22)23-21(24)26-15-16-9-5-4-6-10-16/h4-12,14H,2-3,13,15H2,1H3/b19-14-. The van der Waals surface area contributed by atoms with Gasteiger partial charge in [0.1, 0.15) is 5.70 Å². The predicted octanol–water partition coefficient (Wildman–Crippen LogP) is 5.61. The van der Waals surface area contributed by atoms with Crippen molar-refractivity contribution in [2.45, 2.75) is 25.5 Å². The molecule has 26 heavy (non-hydrogen) atoms. The van der Waals surface area contributed by atoms with E-state index in [9.17, 15) is 4.79 Å². The first-order valence-electron chi connectivity index (χ1n) is 8.72. The molecule has 3 rings (SSSR count). The van der Waals surface area contributed by atoms with Crippen LogP contribution in [0.5, 0.6) is 0 Å². The Morgan fingerprint density at radius 1 is 1.12 bits per heavy atom. The van der Waals surface area contributed by atoms with E-state index >= 15 is 0 Å². The van der Waals surface area contributed by atoms with E-state index < -0.39 is 0 Å². The highest BCUT2D eigenvalue weighted by molar-refractivity contribution is 8.13. The maximum atomic E-state index is 12.8. The number of amides is 1. The van der Waals surface area contributed by atoms with Crippen molar-refractivity contribution in [2.24, 2.45) is 4.99 Å². The van der Waals surface area contributed by atoms with Crippen molar-refractivity contribution in [1.82, 2.24) is 4.90 Å². The van der Waals surface area contributed by atoms with E-state index in [2.05, 4.69) is 24.0 Å². The Bertz CT molecular complexity index is 833. The van der Waals surface area contributed by atoms with E-state index in [1.54, 1.807) is 22.7 Å². The Hall–Kier alpha value is -2.04. The van der Waals surface area contributed by atoms with E-state index in [-0.39, 0.29) is 5.91 Å². The number of amidine groups is 1. The number of thioether (sulfide) groups is 1. The summed E-state index contributed by atoms with van der Waals surface area (Å²) in [6.07, 6.45) is 3.76. The van der Waals surface area contributed by atoms with Gasteiger partial charge in [0, 0.05) is 17.3 Å². The second-order valence-corrected chi connectivity index (χ2v) is 7.38. The first-order valence-corrected chi connectivity index (χ1v) is 10.1. The lowest BCUT2D eigenvalue weighted by atomic mass is 10.2. The molecule has 0 saturated heterocycles. The van der Waals surface area contributed by atoms with Gasteiger partial charge in [0.25, 0.3) is 5.91 Å². The number of halogens is 1. The average molecular weight is 385 g/mol. The van der Waals surface area contributed by atoms with Crippen LogP contribution in [0, 0.1) is 0 Å². The van der Waals surface area contributed by atoms with Crippen LogP contribution in [0.3, 0.4) is 0 Å². The number of aliphatic imine (C=N–C) groups is 1. The van der Waals surface area contributed by atoms with Crippen LogP contribution in [0.2, 0.25) is 5.02 Å². The molecule has 0 atom stereocenters. The number of unbranched alkanes of at least 4 members (excludes halogenated alkanes) is 1. The summed E-state index contributed by atoms with van der Waals surface area (Å²) in [4.78, 5) is 19.2. The monoisotopic (exact) mass is 384 g/mol. The van der Waals surface area contributed by atoms with Crippen molar-refractivity contribution in [3.63, 3.8) is 0 Å². The van der Waals surface area contributed by atoms with Crippen molar-refractivity contribution < 1.29 is 4.79 Å². The summed E-state index contributed by atoms with van der Waals surface area (Å²) < 4.78 is 0. The summed E-state index contributed by atoms with van der Waals surface area (Å²) in [7, 11) is 0. The highest BCUT2D eigenvalue weighted by atomic mass is 35.5. The Labute approximate surface area is 163 Å². The zero-order valence-corrected chi connectivity index (χ0v) is 16.3. The topological polar surface area (TPSA) is 32.7 Å². The average Bonchev–Trinajstić information content (AvgIpc) is 2.96. The van der Waals surface area contributed by atoms with Crippen LogP contribution in [0.4, 0.5) is 0 Å². The Morgan fingerprint density at radius 2 is 1.85 bits per heavy atom. The van der Waals surface area contributed by atoms with Crippen LogP contribution >= 0.6 is 23.4 Å². The van der Waals surface area contributed by atoms with E-state index in [0.29, 0.717) is 17.3 Å². The fourth-order valence-corrected chi connectivity index (χ4v) is 3.79. The molecule has 2 aromatic carbocycles. The number of benzene rings is 2. The molecule has 0 unspecified atom stereocenters. The lowest BCUT2D eigenvalue weighted by Crippen LogP contribution is -2.31. The quantitative estimate of drug-likeness (QED) is 0.606. The van der Waals surface area contributed by atoms with Crippen LogP contribution in [0.15, 0.2) is 65.3 Å². The molecule has 0 aliphatic carbocycles. The van der Waals surface area contributed by atoms with E-state index in [0.717, 1.165) is 29.3 Å². The van der Waals surface area contributed by atoms with Crippen molar-refractivity contribution in [3.05, 3.63) is 76.4 Å². The van der Waals surface area contributed by atoms with Gasteiger partial charge in [-0.1, -0.05) is 85.2 Å². The first-order chi connectivity index (χ1) is 12.7. The van der Waals surface area contributed by atoms with Gasteiger partial charge in [-0.05, 0) is 29.7 Å². The molecule has 0 fully saturated rings. The van der Waals surface area contributed by atoms with Gasteiger partial charge in [0.05, 0.1) is 0 Å². The molecule has 1 heterocycles. The van der Waals surface area contributed by atoms with Crippen LogP contribution in [-0.4, -0.2) is 22.5 Å². The van der Waals surface area contributed by atoms with Crippen molar-refractivity contribution >= 4 is 40.5 Å². The minimum absolute atomic E-state index is 0.0473. The molecule has 3 nitrogen and oxygen atoms in total. The van der Waals surface area contributed by atoms with E-state index in [1.165, 1.54) is 5.56 Å². The Balaban J connectivity index is 1.83.